The largest absolute Gasteiger partial charge is 0.325 e. The van der Waals surface area contributed by atoms with Gasteiger partial charge in [-0.15, -0.1) is 0 Å². The second-order valence-corrected chi connectivity index (χ2v) is 9.04. The number of halogens is 1. The van der Waals surface area contributed by atoms with Gasteiger partial charge in [0.2, 0.25) is 11.8 Å². The number of aromatic amines is 1. The Bertz CT molecular complexity index is 1270. The van der Waals surface area contributed by atoms with E-state index in [0.717, 1.165) is 16.7 Å². The molecule has 9 heteroatoms. The zero-order chi connectivity index (χ0) is 22.8. The number of rotatable bonds is 5. The Morgan fingerprint density at radius 1 is 1.22 bits per heavy atom. The molecule has 7 nitrogen and oxygen atoms in total. The van der Waals surface area contributed by atoms with Crippen LogP contribution in [0.1, 0.15) is 34.6 Å². The van der Waals surface area contributed by atoms with Crippen LogP contribution in [0.15, 0.2) is 52.4 Å². The number of nitrogens with zero attached hydrogens (tertiary/aromatic N) is 1. The molecule has 4 rings (SSSR count). The van der Waals surface area contributed by atoms with Crippen LogP contribution in [-0.4, -0.2) is 21.8 Å². The molecule has 0 unspecified atom stereocenters. The molecule has 2 aromatic carbocycles. The monoisotopic (exact) mass is 468 g/mol. The molecule has 1 atom stereocenters. The predicted molar refractivity (Wildman–Crippen MR) is 126 cm³/mol. The van der Waals surface area contributed by atoms with Gasteiger partial charge in [0.05, 0.1) is 11.5 Å². The van der Waals surface area contributed by atoms with Crippen molar-refractivity contribution >= 4 is 46.7 Å². The Kier molecular flexibility index (Phi) is 6.34. The topological polar surface area (TPSA) is 104 Å². The summed E-state index contributed by atoms with van der Waals surface area (Å²) in [5, 5.41) is 6.27. The van der Waals surface area contributed by atoms with Crippen molar-refractivity contribution in [3.63, 3.8) is 0 Å². The third-order valence-corrected chi connectivity index (χ3v) is 6.49. The van der Waals surface area contributed by atoms with Crippen molar-refractivity contribution in [3.8, 4) is 0 Å². The average molecular weight is 469 g/mol. The first-order valence-corrected chi connectivity index (χ1v) is 11.4. The number of carbonyl (C=O) groups excluding carboxylic acids is 2. The van der Waals surface area contributed by atoms with Crippen molar-refractivity contribution in [1.82, 2.24) is 9.97 Å². The lowest BCUT2D eigenvalue weighted by Crippen LogP contribution is -2.36. The number of aromatic nitrogens is 2. The van der Waals surface area contributed by atoms with Gasteiger partial charge in [0, 0.05) is 22.9 Å². The SMILES string of the molecule is Cc1cccc(CSc2nc3c(c(=O)[nH]2)[C@H](C(=O)Nc2ccc(C)c(Cl)c2)CC(=O)N3)c1. The average Bonchev–Trinajstić information content (AvgIpc) is 2.74. The van der Waals surface area contributed by atoms with Crippen molar-refractivity contribution in [2.24, 2.45) is 0 Å². The molecule has 0 saturated heterocycles. The van der Waals surface area contributed by atoms with E-state index in [1.54, 1.807) is 18.2 Å². The molecule has 0 aliphatic carbocycles. The molecule has 1 aliphatic heterocycles. The number of fused-ring (bicyclic) bond motifs is 1. The number of thioether (sulfide) groups is 1. The summed E-state index contributed by atoms with van der Waals surface area (Å²) in [6.45, 7) is 3.87. The number of hydrogen-bond acceptors (Lipinski definition) is 5. The highest BCUT2D eigenvalue weighted by Crippen LogP contribution is 2.31. The lowest BCUT2D eigenvalue weighted by atomic mass is 9.92. The quantitative estimate of drug-likeness (QED) is 0.380. The molecule has 3 N–H and O–H groups in total. The van der Waals surface area contributed by atoms with E-state index in [4.69, 9.17) is 11.6 Å². The molecule has 0 radical (unpaired) electrons. The van der Waals surface area contributed by atoms with Crippen molar-refractivity contribution in [3.05, 3.63) is 80.1 Å². The van der Waals surface area contributed by atoms with E-state index in [2.05, 4.69) is 26.7 Å². The minimum Gasteiger partial charge on any atom is -0.325 e. The minimum absolute atomic E-state index is 0.124. The summed E-state index contributed by atoms with van der Waals surface area (Å²) < 4.78 is 0. The number of benzene rings is 2. The van der Waals surface area contributed by atoms with Crippen molar-refractivity contribution in [2.45, 2.75) is 37.1 Å². The zero-order valence-electron chi connectivity index (χ0n) is 17.5. The maximum Gasteiger partial charge on any atom is 0.257 e. The van der Waals surface area contributed by atoms with E-state index in [1.807, 2.05) is 32.0 Å². The first kappa shape index (κ1) is 22.1. The van der Waals surface area contributed by atoms with Crippen molar-refractivity contribution < 1.29 is 9.59 Å². The smallest absolute Gasteiger partial charge is 0.257 e. The summed E-state index contributed by atoms with van der Waals surface area (Å²) in [7, 11) is 0. The van der Waals surface area contributed by atoms with Gasteiger partial charge in [-0.25, -0.2) is 4.98 Å². The molecule has 3 aromatic rings. The van der Waals surface area contributed by atoms with Gasteiger partial charge in [0.1, 0.15) is 5.82 Å². The van der Waals surface area contributed by atoms with E-state index in [1.165, 1.54) is 11.8 Å². The summed E-state index contributed by atoms with van der Waals surface area (Å²) >= 11 is 7.48. The fourth-order valence-corrected chi connectivity index (χ4v) is 4.48. The number of aryl methyl sites for hydroxylation is 2. The highest BCUT2D eigenvalue weighted by Gasteiger charge is 2.34. The number of hydrogen-bond donors (Lipinski definition) is 3. The van der Waals surface area contributed by atoms with Gasteiger partial charge in [-0.1, -0.05) is 59.3 Å². The Morgan fingerprint density at radius 2 is 2.03 bits per heavy atom. The molecule has 0 saturated carbocycles. The maximum atomic E-state index is 12.9. The first-order valence-electron chi connectivity index (χ1n) is 9.99. The van der Waals surface area contributed by atoms with Gasteiger partial charge in [0.25, 0.3) is 5.56 Å². The molecule has 164 valence electrons. The van der Waals surface area contributed by atoms with E-state index in [0.29, 0.717) is 21.6 Å². The van der Waals surface area contributed by atoms with E-state index in [9.17, 15) is 14.4 Å². The third kappa shape index (κ3) is 4.87. The van der Waals surface area contributed by atoms with E-state index < -0.39 is 17.4 Å². The number of amides is 2. The summed E-state index contributed by atoms with van der Waals surface area (Å²) in [5.41, 5.74) is 3.32. The van der Waals surface area contributed by atoms with Gasteiger partial charge in [-0.2, -0.15) is 0 Å². The fraction of sp³-hybridized carbons (Fsp3) is 0.217. The third-order valence-electron chi connectivity index (χ3n) is 5.14. The van der Waals surface area contributed by atoms with Crippen LogP contribution in [-0.2, 0) is 15.3 Å². The number of nitrogens with one attached hydrogen (secondary N) is 3. The van der Waals surface area contributed by atoms with Gasteiger partial charge >= 0.3 is 0 Å². The number of carbonyl (C=O) groups is 2. The van der Waals surface area contributed by atoms with E-state index >= 15 is 0 Å². The van der Waals surface area contributed by atoms with Crippen LogP contribution in [0.5, 0.6) is 0 Å². The van der Waals surface area contributed by atoms with Crippen LogP contribution < -0.4 is 16.2 Å². The van der Waals surface area contributed by atoms with E-state index in [-0.39, 0.29) is 23.7 Å². The van der Waals surface area contributed by atoms with Crippen LogP contribution in [0.2, 0.25) is 5.02 Å². The predicted octanol–water partition coefficient (Wildman–Crippen LogP) is 4.40. The lowest BCUT2D eigenvalue weighted by molar-refractivity contribution is -0.123. The van der Waals surface area contributed by atoms with Crippen LogP contribution >= 0.6 is 23.4 Å². The molecular weight excluding hydrogens is 448 g/mol. The van der Waals surface area contributed by atoms with Gasteiger partial charge in [-0.3, -0.25) is 14.4 Å². The lowest BCUT2D eigenvalue weighted by Gasteiger charge is -2.23. The van der Waals surface area contributed by atoms with Gasteiger partial charge < -0.3 is 15.6 Å². The maximum absolute atomic E-state index is 12.9. The number of anilines is 2. The fourth-order valence-electron chi connectivity index (χ4n) is 3.50. The summed E-state index contributed by atoms with van der Waals surface area (Å²) in [4.78, 5) is 45.2. The van der Waals surface area contributed by atoms with Crippen LogP contribution in [0.25, 0.3) is 0 Å². The van der Waals surface area contributed by atoms with Gasteiger partial charge in [-0.05, 0) is 37.1 Å². The zero-order valence-corrected chi connectivity index (χ0v) is 19.1. The normalized spacial score (nSPS) is 15.1. The van der Waals surface area contributed by atoms with Gasteiger partial charge in [0.15, 0.2) is 5.16 Å². The highest BCUT2D eigenvalue weighted by molar-refractivity contribution is 7.98. The standard InChI is InChI=1S/C23H21ClN4O3S/c1-12-4-3-5-14(8-12)11-32-23-27-20-19(22(31)28-23)16(10-18(29)26-20)21(30)25-15-7-6-13(2)17(24)9-15/h3-9,16H,10-11H2,1-2H3,(H,25,30)(H2,26,27,28,29,31)/t16-/m1/s1. The van der Waals surface area contributed by atoms with Crippen molar-refractivity contribution in [2.75, 3.05) is 10.6 Å². The molecule has 32 heavy (non-hydrogen) atoms. The highest BCUT2D eigenvalue weighted by atomic mass is 35.5. The molecule has 0 bridgehead atoms. The second-order valence-electron chi connectivity index (χ2n) is 7.67. The second kappa shape index (κ2) is 9.18. The molecular formula is C23H21ClN4O3S. The summed E-state index contributed by atoms with van der Waals surface area (Å²) in [6.07, 6.45) is -0.140. The Balaban J connectivity index is 1.57. The van der Waals surface area contributed by atoms with Crippen LogP contribution in [0.4, 0.5) is 11.5 Å². The van der Waals surface area contributed by atoms with Crippen molar-refractivity contribution in [1.29, 1.82) is 0 Å². The molecule has 2 heterocycles. The van der Waals surface area contributed by atoms with Crippen LogP contribution in [0.3, 0.4) is 0 Å². The molecule has 1 aromatic heterocycles. The summed E-state index contributed by atoms with van der Waals surface area (Å²) in [6, 6.07) is 13.2. The molecule has 0 spiro atoms. The Morgan fingerprint density at radius 3 is 2.78 bits per heavy atom. The number of H-pyrrole nitrogens is 1. The Labute approximate surface area is 194 Å². The molecule has 2 amide bonds. The molecule has 1 aliphatic rings. The van der Waals surface area contributed by atoms with Crippen LogP contribution in [0, 0.1) is 13.8 Å². The Hall–Kier alpha value is -3.10. The first-order chi connectivity index (χ1) is 15.3. The minimum atomic E-state index is -0.953. The molecule has 0 fully saturated rings. The summed E-state index contributed by atoms with van der Waals surface area (Å²) in [5.74, 6) is -1.05.